The number of benzene rings is 3. The molecule has 0 spiro atoms. The lowest BCUT2D eigenvalue weighted by atomic mass is 9.99. The van der Waals surface area contributed by atoms with Crippen LogP contribution in [0.2, 0.25) is 5.02 Å². The summed E-state index contributed by atoms with van der Waals surface area (Å²) in [5.74, 6) is -0.690. The van der Waals surface area contributed by atoms with Gasteiger partial charge >= 0.3 is 0 Å². The van der Waals surface area contributed by atoms with Gasteiger partial charge in [-0.3, -0.25) is 4.79 Å². The van der Waals surface area contributed by atoms with Crippen molar-refractivity contribution < 1.29 is 13.6 Å². The number of anilines is 1. The fraction of sp³-hybridized carbons (Fsp3) is 0.250. The zero-order valence-electron chi connectivity index (χ0n) is 23.3. The largest absolute Gasteiger partial charge is 0.350 e. The lowest BCUT2D eigenvalue weighted by molar-refractivity contribution is 0.0951. The lowest BCUT2D eigenvalue weighted by Gasteiger charge is -2.24. The number of carbonyl (C=O) groups is 1. The van der Waals surface area contributed by atoms with Crippen LogP contribution in [0.25, 0.3) is 22.6 Å². The number of nitrogens with one attached hydrogen (secondary N) is 3. The lowest BCUT2D eigenvalue weighted by Crippen LogP contribution is -2.32. The van der Waals surface area contributed by atoms with Crippen LogP contribution < -0.4 is 16.0 Å². The van der Waals surface area contributed by atoms with Gasteiger partial charge in [-0.2, -0.15) is 4.98 Å². The molecule has 43 heavy (non-hydrogen) atoms. The SMILES string of the molecule is O=C(NCc1ccccc1)c1ccc(-c2nc3cnc(NCc4ccc(F)c(F)c4)nc3n2C[C@@H]2CCCNC2)c(Cl)c1. The average molecular weight is 602 g/mol. The Bertz CT molecular complexity index is 1760. The summed E-state index contributed by atoms with van der Waals surface area (Å²) in [5, 5.41) is 9.89. The number of nitrogens with zero attached hydrogens (tertiary/aromatic N) is 4. The van der Waals surface area contributed by atoms with Crippen molar-refractivity contribution in [3.63, 3.8) is 0 Å². The van der Waals surface area contributed by atoms with Crippen LogP contribution in [0.3, 0.4) is 0 Å². The summed E-state index contributed by atoms with van der Waals surface area (Å²) in [6.45, 7) is 3.16. The smallest absolute Gasteiger partial charge is 0.251 e. The van der Waals surface area contributed by atoms with Crippen molar-refractivity contribution in [2.24, 2.45) is 5.92 Å². The molecule has 3 aromatic carbocycles. The number of aromatic nitrogens is 4. The first kappa shape index (κ1) is 28.7. The molecule has 1 aliphatic heterocycles. The van der Waals surface area contributed by atoms with E-state index in [-0.39, 0.29) is 12.5 Å². The molecule has 0 radical (unpaired) electrons. The maximum Gasteiger partial charge on any atom is 0.251 e. The van der Waals surface area contributed by atoms with Crippen molar-refractivity contribution in [1.29, 1.82) is 0 Å². The van der Waals surface area contributed by atoms with E-state index in [0.717, 1.165) is 43.6 Å². The first-order valence-corrected chi connectivity index (χ1v) is 14.6. The van der Waals surface area contributed by atoms with Crippen molar-refractivity contribution in [2.45, 2.75) is 32.5 Å². The van der Waals surface area contributed by atoms with Gasteiger partial charge in [0.05, 0.1) is 11.2 Å². The van der Waals surface area contributed by atoms with Gasteiger partial charge in [0, 0.05) is 30.8 Å². The molecule has 0 saturated carbocycles. The van der Waals surface area contributed by atoms with Crippen LogP contribution in [-0.2, 0) is 19.6 Å². The second-order valence-corrected chi connectivity index (χ2v) is 11.0. The molecule has 8 nitrogen and oxygen atoms in total. The molecular weight excluding hydrogens is 572 g/mol. The summed E-state index contributed by atoms with van der Waals surface area (Å²) < 4.78 is 29.1. The quantitative estimate of drug-likeness (QED) is 0.193. The fourth-order valence-electron chi connectivity index (χ4n) is 5.27. The second-order valence-electron chi connectivity index (χ2n) is 10.6. The molecule has 3 heterocycles. The molecule has 11 heteroatoms. The first-order valence-electron chi connectivity index (χ1n) is 14.2. The topological polar surface area (TPSA) is 96.8 Å². The molecule has 1 aliphatic rings. The Morgan fingerprint density at radius 2 is 1.86 bits per heavy atom. The fourth-order valence-corrected chi connectivity index (χ4v) is 5.53. The van der Waals surface area contributed by atoms with Crippen molar-refractivity contribution >= 4 is 34.6 Å². The molecule has 1 fully saturated rings. The van der Waals surface area contributed by atoms with Crippen LogP contribution >= 0.6 is 11.6 Å². The Hall–Kier alpha value is -4.41. The average Bonchev–Trinajstić information content (AvgIpc) is 3.38. The highest BCUT2D eigenvalue weighted by atomic mass is 35.5. The normalized spacial score (nSPS) is 15.0. The van der Waals surface area contributed by atoms with E-state index in [1.807, 2.05) is 41.0 Å². The highest BCUT2D eigenvalue weighted by molar-refractivity contribution is 6.33. The minimum atomic E-state index is -0.906. The van der Waals surface area contributed by atoms with Crippen molar-refractivity contribution in [3.8, 4) is 11.4 Å². The second kappa shape index (κ2) is 12.8. The van der Waals surface area contributed by atoms with E-state index in [1.54, 1.807) is 18.3 Å². The summed E-state index contributed by atoms with van der Waals surface area (Å²) in [7, 11) is 0. The molecule has 0 aliphatic carbocycles. The molecule has 0 bridgehead atoms. The molecule has 3 N–H and O–H groups in total. The van der Waals surface area contributed by atoms with Crippen LogP contribution in [0.15, 0.2) is 72.9 Å². The number of imidazole rings is 1. The van der Waals surface area contributed by atoms with E-state index < -0.39 is 11.6 Å². The molecule has 1 saturated heterocycles. The third-order valence-electron chi connectivity index (χ3n) is 7.53. The number of carbonyl (C=O) groups excluding carboxylic acids is 1. The van der Waals surface area contributed by atoms with Crippen LogP contribution in [-0.4, -0.2) is 38.5 Å². The number of amides is 1. The van der Waals surface area contributed by atoms with E-state index in [4.69, 9.17) is 21.6 Å². The summed E-state index contributed by atoms with van der Waals surface area (Å²) in [6, 6.07) is 18.7. The highest BCUT2D eigenvalue weighted by Crippen LogP contribution is 2.32. The number of fused-ring (bicyclic) bond motifs is 1. The monoisotopic (exact) mass is 601 g/mol. The summed E-state index contributed by atoms with van der Waals surface area (Å²) in [5.41, 5.74) is 3.92. The Morgan fingerprint density at radius 3 is 2.63 bits per heavy atom. The summed E-state index contributed by atoms with van der Waals surface area (Å²) >= 11 is 6.79. The Morgan fingerprint density at radius 1 is 1.00 bits per heavy atom. The number of hydrogen-bond acceptors (Lipinski definition) is 6. The minimum Gasteiger partial charge on any atom is -0.350 e. The summed E-state index contributed by atoms with van der Waals surface area (Å²) in [4.78, 5) is 26.9. The Labute approximate surface area is 252 Å². The van der Waals surface area contributed by atoms with Crippen LogP contribution in [0.1, 0.15) is 34.3 Å². The van der Waals surface area contributed by atoms with Crippen molar-refractivity contribution in [3.05, 3.63) is 106 Å². The predicted octanol–water partition coefficient (Wildman–Crippen LogP) is 5.97. The number of hydrogen-bond donors (Lipinski definition) is 3. The van der Waals surface area contributed by atoms with Gasteiger partial charge in [0.25, 0.3) is 5.91 Å². The van der Waals surface area contributed by atoms with Gasteiger partial charge in [-0.25, -0.2) is 18.7 Å². The molecule has 1 atom stereocenters. The van der Waals surface area contributed by atoms with Crippen molar-refractivity contribution in [2.75, 3.05) is 18.4 Å². The third-order valence-corrected chi connectivity index (χ3v) is 7.84. The van der Waals surface area contributed by atoms with E-state index in [2.05, 4.69) is 20.9 Å². The van der Waals surface area contributed by atoms with E-state index in [9.17, 15) is 13.6 Å². The maximum atomic E-state index is 13.7. The van der Waals surface area contributed by atoms with Gasteiger partial charge in [0.1, 0.15) is 11.3 Å². The zero-order valence-corrected chi connectivity index (χ0v) is 24.0. The number of halogens is 3. The van der Waals surface area contributed by atoms with Gasteiger partial charge in [-0.1, -0.05) is 48.0 Å². The van der Waals surface area contributed by atoms with Gasteiger partial charge in [0.15, 0.2) is 17.3 Å². The van der Waals surface area contributed by atoms with Crippen LogP contribution in [0.4, 0.5) is 14.7 Å². The van der Waals surface area contributed by atoms with Gasteiger partial charge in [-0.05, 0) is 73.3 Å². The zero-order chi connectivity index (χ0) is 29.8. The molecular formula is C32H30ClF2N7O. The maximum absolute atomic E-state index is 13.7. The van der Waals surface area contributed by atoms with E-state index >= 15 is 0 Å². The van der Waals surface area contributed by atoms with Crippen molar-refractivity contribution in [1.82, 2.24) is 30.2 Å². The third kappa shape index (κ3) is 6.65. The van der Waals surface area contributed by atoms with Crippen LogP contribution in [0.5, 0.6) is 0 Å². The number of piperidine rings is 1. The van der Waals surface area contributed by atoms with Gasteiger partial charge in [0.2, 0.25) is 5.95 Å². The van der Waals surface area contributed by atoms with E-state index in [0.29, 0.717) is 63.7 Å². The molecule has 5 aromatic rings. The molecule has 1 amide bonds. The Kier molecular flexibility index (Phi) is 8.57. The minimum absolute atomic E-state index is 0.218. The Balaban J connectivity index is 1.28. The van der Waals surface area contributed by atoms with Gasteiger partial charge in [-0.15, -0.1) is 0 Å². The van der Waals surface area contributed by atoms with Crippen LogP contribution in [0, 0.1) is 17.6 Å². The molecule has 0 unspecified atom stereocenters. The standard InChI is InChI=1S/C32H30ClF2N7O/c33-25-14-23(31(43)37-16-20-5-2-1-3-6-20)9-10-24(25)29-40-28-18-39-32(38-17-21-8-11-26(34)27(35)13-21)41-30(28)42(29)19-22-7-4-12-36-15-22/h1-3,5-6,8-11,13-14,18,22,36H,4,7,12,15-17,19H2,(H,37,43)(H,38,39,41)/t22-/m1/s1. The molecule has 220 valence electrons. The number of rotatable bonds is 9. The van der Waals surface area contributed by atoms with E-state index in [1.165, 1.54) is 6.07 Å². The first-order chi connectivity index (χ1) is 20.9. The van der Waals surface area contributed by atoms with Gasteiger partial charge < -0.3 is 20.5 Å². The predicted molar refractivity (Wildman–Crippen MR) is 163 cm³/mol. The highest BCUT2D eigenvalue weighted by Gasteiger charge is 2.22. The summed E-state index contributed by atoms with van der Waals surface area (Å²) in [6.07, 6.45) is 3.78. The molecule has 2 aromatic heterocycles. The molecule has 6 rings (SSSR count).